The lowest BCUT2D eigenvalue weighted by atomic mass is 9.89. The first kappa shape index (κ1) is 16.0. The number of nitrogens with one attached hydrogen (secondary N) is 1. The molecule has 2 aromatic heterocycles. The summed E-state index contributed by atoms with van der Waals surface area (Å²) in [5, 5.41) is 15.9. The van der Waals surface area contributed by atoms with E-state index in [1.807, 2.05) is 17.9 Å². The molecule has 4 heterocycles. The van der Waals surface area contributed by atoms with Crippen LogP contribution in [0.25, 0.3) is 0 Å². The smallest absolute Gasteiger partial charge is 0.289 e. The van der Waals surface area contributed by atoms with Gasteiger partial charge in [0.05, 0.1) is 6.20 Å². The summed E-state index contributed by atoms with van der Waals surface area (Å²) >= 11 is 0. The van der Waals surface area contributed by atoms with Crippen molar-refractivity contribution in [1.82, 2.24) is 34.8 Å². The van der Waals surface area contributed by atoms with Gasteiger partial charge in [0, 0.05) is 57.4 Å². The minimum Gasteiger partial charge on any atom is -0.347 e. The maximum Gasteiger partial charge on any atom is 0.289 e. The van der Waals surface area contributed by atoms with E-state index < -0.39 is 0 Å². The lowest BCUT2D eigenvalue weighted by Crippen LogP contribution is -2.41. The highest BCUT2D eigenvalue weighted by atomic mass is 16.2. The summed E-state index contributed by atoms with van der Waals surface area (Å²) in [6.07, 6.45) is 8.32. The van der Waals surface area contributed by atoms with Crippen LogP contribution >= 0.6 is 0 Å². The predicted octanol–water partition coefficient (Wildman–Crippen LogP) is 0.598. The Balaban J connectivity index is 1.27. The number of aryl methyl sites for hydroxylation is 1. The molecule has 138 valence electrons. The Labute approximate surface area is 152 Å². The quantitative estimate of drug-likeness (QED) is 0.869. The van der Waals surface area contributed by atoms with Crippen LogP contribution in [0.3, 0.4) is 0 Å². The molecule has 0 bridgehead atoms. The number of likely N-dealkylation sites (tertiary alicyclic amines) is 1. The van der Waals surface area contributed by atoms with E-state index in [9.17, 15) is 4.79 Å². The summed E-state index contributed by atoms with van der Waals surface area (Å²) in [7, 11) is 1.95. The molecular weight excluding hydrogens is 330 g/mol. The van der Waals surface area contributed by atoms with Gasteiger partial charge in [0.2, 0.25) is 5.82 Å². The second-order valence-electron chi connectivity index (χ2n) is 8.09. The predicted molar refractivity (Wildman–Crippen MR) is 94.3 cm³/mol. The maximum absolute atomic E-state index is 12.5. The average Bonchev–Trinajstić information content (AvgIpc) is 3.26. The lowest BCUT2D eigenvalue weighted by Gasteiger charge is -2.28. The van der Waals surface area contributed by atoms with Gasteiger partial charge in [-0.3, -0.25) is 14.4 Å². The molecular formula is C18H25N7O. The van der Waals surface area contributed by atoms with Gasteiger partial charge in [-0.05, 0) is 31.1 Å². The van der Waals surface area contributed by atoms with E-state index in [0.29, 0.717) is 23.7 Å². The molecule has 0 spiro atoms. The van der Waals surface area contributed by atoms with Crippen LogP contribution in [0.4, 0.5) is 0 Å². The van der Waals surface area contributed by atoms with Crippen molar-refractivity contribution in [3.63, 3.8) is 0 Å². The molecule has 1 aliphatic carbocycles. The fourth-order valence-electron chi connectivity index (χ4n) is 4.53. The van der Waals surface area contributed by atoms with Gasteiger partial charge in [-0.25, -0.2) is 0 Å². The van der Waals surface area contributed by atoms with Crippen LogP contribution in [-0.4, -0.2) is 54.5 Å². The van der Waals surface area contributed by atoms with Crippen molar-refractivity contribution in [2.24, 2.45) is 18.9 Å². The van der Waals surface area contributed by atoms with E-state index in [2.05, 4.69) is 36.3 Å². The van der Waals surface area contributed by atoms with Gasteiger partial charge in [-0.1, -0.05) is 0 Å². The van der Waals surface area contributed by atoms with Crippen molar-refractivity contribution < 1.29 is 4.79 Å². The molecule has 8 nitrogen and oxygen atoms in total. The number of nitrogens with zero attached hydrogens (tertiary/aromatic N) is 6. The van der Waals surface area contributed by atoms with E-state index in [1.165, 1.54) is 12.0 Å². The molecule has 3 aliphatic rings. The minimum absolute atomic E-state index is 0.0582. The molecule has 2 fully saturated rings. The second kappa shape index (κ2) is 6.19. The fourth-order valence-corrected chi connectivity index (χ4v) is 4.53. The van der Waals surface area contributed by atoms with Crippen molar-refractivity contribution in [3.05, 3.63) is 29.6 Å². The van der Waals surface area contributed by atoms with E-state index in [1.54, 1.807) is 0 Å². The monoisotopic (exact) mass is 355 g/mol. The zero-order valence-electron chi connectivity index (χ0n) is 15.1. The number of fused-ring (bicyclic) bond motifs is 2. The third-order valence-corrected chi connectivity index (χ3v) is 6.15. The molecule has 2 aromatic rings. The Kier molecular flexibility index (Phi) is 3.81. The van der Waals surface area contributed by atoms with Gasteiger partial charge in [-0.2, -0.15) is 5.10 Å². The maximum atomic E-state index is 12.5. The van der Waals surface area contributed by atoms with Crippen LogP contribution in [-0.2, 0) is 26.6 Å². The molecule has 1 N–H and O–H groups in total. The molecule has 26 heavy (non-hydrogen) atoms. The molecule has 5 rings (SSSR count). The third kappa shape index (κ3) is 2.82. The van der Waals surface area contributed by atoms with Crippen LogP contribution in [0, 0.1) is 11.8 Å². The number of carbonyl (C=O) groups is 1. The van der Waals surface area contributed by atoms with Crippen LogP contribution in [0.15, 0.2) is 12.4 Å². The largest absolute Gasteiger partial charge is 0.347 e. The van der Waals surface area contributed by atoms with Crippen molar-refractivity contribution in [2.45, 2.75) is 44.8 Å². The SMILES string of the molecule is Cn1cc(CN2C[C@H]3Cc4nnc(C(=O)NC5CCC5)n4C[C@H]3C2)cn1. The van der Waals surface area contributed by atoms with Gasteiger partial charge in [0.15, 0.2) is 0 Å². The molecule has 2 atom stereocenters. The number of hydrogen-bond acceptors (Lipinski definition) is 5. The molecule has 0 unspecified atom stereocenters. The van der Waals surface area contributed by atoms with E-state index in [-0.39, 0.29) is 5.91 Å². The first-order valence-electron chi connectivity index (χ1n) is 9.58. The van der Waals surface area contributed by atoms with Crippen molar-refractivity contribution >= 4 is 5.91 Å². The Hall–Kier alpha value is -2.22. The number of amides is 1. The molecule has 1 amide bonds. The van der Waals surface area contributed by atoms with Gasteiger partial charge >= 0.3 is 0 Å². The van der Waals surface area contributed by atoms with E-state index in [0.717, 1.165) is 51.3 Å². The first-order chi connectivity index (χ1) is 12.7. The summed E-state index contributed by atoms with van der Waals surface area (Å²) in [4.78, 5) is 15.0. The highest BCUT2D eigenvalue weighted by molar-refractivity contribution is 5.91. The van der Waals surface area contributed by atoms with E-state index in [4.69, 9.17) is 0 Å². The van der Waals surface area contributed by atoms with Crippen LogP contribution in [0.2, 0.25) is 0 Å². The molecule has 1 saturated carbocycles. The molecule has 0 aromatic carbocycles. The molecule has 8 heteroatoms. The first-order valence-corrected chi connectivity index (χ1v) is 9.58. The number of aromatic nitrogens is 5. The Morgan fingerprint density at radius 2 is 2.08 bits per heavy atom. The van der Waals surface area contributed by atoms with E-state index >= 15 is 0 Å². The fraction of sp³-hybridized carbons (Fsp3) is 0.667. The third-order valence-electron chi connectivity index (χ3n) is 6.15. The van der Waals surface area contributed by atoms with Crippen molar-refractivity contribution in [1.29, 1.82) is 0 Å². The Morgan fingerprint density at radius 1 is 1.23 bits per heavy atom. The standard InChI is InChI=1S/C18H25N7O/c1-23-7-12(6-19-23)8-24-9-13-5-16-21-22-17(25(16)11-14(13)10-24)18(26)20-15-3-2-4-15/h6-7,13-15H,2-5,8-11H2,1H3,(H,20,26)/t13-,14-/m1/s1. The highest BCUT2D eigenvalue weighted by Gasteiger charge is 2.39. The summed E-state index contributed by atoms with van der Waals surface area (Å²) in [6, 6.07) is 0.327. The van der Waals surface area contributed by atoms with Crippen LogP contribution < -0.4 is 5.32 Å². The number of carbonyl (C=O) groups excluding carboxylic acids is 1. The summed E-state index contributed by atoms with van der Waals surface area (Å²) in [5.74, 6) is 2.57. The molecule has 1 saturated heterocycles. The zero-order chi connectivity index (χ0) is 17.7. The minimum atomic E-state index is -0.0582. The molecule has 0 radical (unpaired) electrons. The van der Waals surface area contributed by atoms with Crippen molar-refractivity contribution in [3.8, 4) is 0 Å². The van der Waals surface area contributed by atoms with Gasteiger partial charge in [0.25, 0.3) is 5.91 Å². The molecule has 2 aliphatic heterocycles. The average molecular weight is 355 g/mol. The Bertz CT molecular complexity index is 821. The lowest BCUT2D eigenvalue weighted by molar-refractivity contribution is 0.0898. The zero-order valence-corrected chi connectivity index (χ0v) is 15.1. The van der Waals surface area contributed by atoms with Gasteiger partial charge in [-0.15, -0.1) is 10.2 Å². The second-order valence-corrected chi connectivity index (χ2v) is 8.09. The normalized spacial score (nSPS) is 25.6. The van der Waals surface area contributed by atoms with Crippen LogP contribution in [0.1, 0.15) is 41.3 Å². The number of hydrogen-bond donors (Lipinski definition) is 1. The van der Waals surface area contributed by atoms with Crippen molar-refractivity contribution in [2.75, 3.05) is 13.1 Å². The van der Waals surface area contributed by atoms with Crippen LogP contribution in [0.5, 0.6) is 0 Å². The van der Waals surface area contributed by atoms with Gasteiger partial charge in [0.1, 0.15) is 5.82 Å². The number of rotatable bonds is 4. The topological polar surface area (TPSA) is 80.9 Å². The van der Waals surface area contributed by atoms with Gasteiger partial charge < -0.3 is 9.88 Å². The summed E-state index contributed by atoms with van der Waals surface area (Å²) in [6.45, 7) is 3.93. The highest BCUT2D eigenvalue weighted by Crippen LogP contribution is 2.33. The summed E-state index contributed by atoms with van der Waals surface area (Å²) in [5.41, 5.74) is 1.26. The summed E-state index contributed by atoms with van der Waals surface area (Å²) < 4.78 is 3.91. The Morgan fingerprint density at radius 3 is 2.81 bits per heavy atom.